The van der Waals surface area contributed by atoms with E-state index in [1.807, 2.05) is 11.0 Å². The molecule has 2 aromatic rings. The Morgan fingerprint density at radius 1 is 1.29 bits per heavy atom. The zero-order valence-electron chi connectivity index (χ0n) is 13.0. The second-order valence-electron chi connectivity index (χ2n) is 5.85. The highest BCUT2D eigenvalue weighted by molar-refractivity contribution is 5.80. The first-order chi connectivity index (χ1) is 11.7. The third kappa shape index (κ3) is 2.71. The fraction of sp³-hybridized carbons (Fsp3) is 0.467. The van der Waals surface area contributed by atoms with Crippen LogP contribution in [-0.4, -0.2) is 50.4 Å². The van der Waals surface area contributed by atoms with Gasteiger partial charge in [0.25, 0.3) is 5.91 Å². The lowest BCUT2D eigenvalue weighted by Crippen LogP contribution is -2.48. The average Bonchev–Trinajstić information content (AvgIpc) is 3.10. The summed E-state index contributed by atoms with van der Waals surface area (Å²) in [5.74, 6) is -0.234. The average molecular weight is 332 g/mol. The van der Waals surface area contributed by atoms with E-state index in [-0.39, 0.29) is 5.91 Å². The summed E-state index contributed by atoms with van der Waals surface area (Å²) in [6.45, 7) is 2.00. The van der Waals surface area contributed by atoms with Gasteiger partial charge < -0.3 is 4.90 Å². The molecule has 1 atom stereocenters. The number of anilines is 1. The molecule has 24 heavy (non-hydrogen) atoms. The van der Waals surface area contributed by atoms with Gasteiger partial charge in [0.1, 0.15) is 0 Å². The van der Waals surface area contributed by atoms with Crippen LogP contribution in [0.4, 0.5) is 10.3 Å². The monoisotopic (exact) mass is 332 g/mol. The standard InChI is InChI=1S/C15H17FN6O2/c16-11-7-17-15(18-8-11)20-9-12-3-4-19-22(12)13(10-20)14(23)21-5-1-2-6-24-21/h3-4,7-8,13H,1-2,5-6,9-10H2/t13-/m1/s1. The van der Waals surface area contributed by atoms with Gasteiger partial charge in [0.2, 0.25) is 5.95 Å². The Hall–Kier alpha value is -2.55. The number of hydrogen-bond donors (Lipinski definition) is 0. The summed E-state index contributed by atoms with van der Waals surface area (Å²) in [5, 5.41) is 5.71. The van der Waals surface area contributed by atoms with Gasteiger partial charge in [-0.1, -0.05) is 0 Å². The van der Waals surface area contributed by atoms with Gasteiger partial charge in [-0.2, -0.15) is 5.10 Å². The van der Waals surface area contributed by atoms with Gasteiger partial charge in [0.05, 0.1) is 37.8 Å². The van der Waals surface area contributed by atoms with E-state index < -0.39 is 11.9 Å². The van der Waals surface area contributed by atoms with Crippen LogP contribution in [0, 0.1) is 5.82 Å². The molecule has 0 aliphatic carbocycles. The molecule has 9 heteroatoms. The van der Waals surface area contributed by atoms with Gasteiger partial charge in [-0.15, -0.1) is 0 Å². The first-order valence-electron chi connectivity index (χ1n) is 7.91. The minimum atomic E-state index is -0.518. The molecule has 8 nitrogen and oxygen atoms in total. The molecule has 4 rings (SSSR count). The number of carbonyl (C=O) groups is 1. The summed E-state index contributed by atoms with van der Waals surface area (Å²) >= 11 is 0. The number of nitrogens with zero attached hydrogens (tertiary/aromatic N) is 6. The van der Waals surface area contributed by atoms with Crippen molar-refractivity contribution in [3.63, 3.8) is 0 Å². The fourth-order valence-corrected chi connectivity index (χ4v) is 3.03. The van der Waals surface area contributed by atoms with E-state index >= 15 is 0 Å². The summed E-state index contributed by atoms with van der Waals surface area (Å²) in [5.41, 5.74) is 0.879. The topological polar surface area (TPSA) is 76.4 Å². The van der Waals surface area contributed by atoms with Crippen molar-refractivity contribution in [3.8, 4) is 0 Å². The number of hydrogen-bond acceptors (Lipinski definition) is 6. The molecule has 0 spiro atoms. The number of carbonyl (C=O) groups excluding carboxylic acids is 1. The molecule has 1 saturated heterocycles. The summed E-state index contributed by atoms with van der Waals surface area (Å²) in [7, 11) is 0. The fourth-order valence-electron chi connectivity index (χ4n) is 3.03. The summed E-state index contributed by atoms with van der Waals surface area (Å²) in [6, 6.07) is 1.34. The SMILES string of the molecule is O=C([C@H]1CN(c2ncc(F)cn2)Cc2ccnn21)N1CCCCO1. The molecular weight excluding hydrogens is 315 g/mol. The van der Waals surface area contributed by atoms with Crippen LogP contribution in [0.25, 0.3) is 0 Å². The molecule has 0 radical (unpaired) electrons. The highest BCUT2D eigenvalue weighted by atomic mass is 19.1. The van der Waals surface area contributed by atoms with Gasteiger partial charge >= 0.3 is 0 Å². The largest absolute Gasteiger partial charge is 0.332 e. The highest BCUT2D eigenvalue weighted by Crippen LogP contribution is 2.25. The van der Waals surface area contributed by atoms with Crippen LogP contribution in [0.2, 0.25) is 0 Å². The molecule has 126 valence electrons. The summed E-state index contributed by atoms with van der Waals surface area (Å²) in [4.78, 5) is 28.2. The zero-order valence-corrected chi connectivity index (χ0v) is 13.0. The summed E-state index contributed by atoms with van der Waals surface area (Å²) in [6.07, 6.45) is 5.80. The lowest BCUT2D eigenvalue weighted by atomic mass is 10.1. The zero-order chi connectivity index (χ0) is 16.5. The third-order valence-electron chi connectivity index (χ3n) is 4.22. The Bertz CT molecular complexity index is 728. The second-order valence-corrected chi connectivity index (χ2v) is 5.85. The van der Waals surface area contributed by atoms with E-state index in [0.29, 0.717) is 32.2 Å². The molecule has 2 aliphatic rings. The van der Waals surface area contributed by atoms with Crippen molar-refractivity contribution in [1.29, 1.82) is 0 Å². The molecule has 2 aromatic heterocycles. The molecule has 0 unspecified atom stereocenters. The van der Waals surface area contributed by atoms with Crippen LogP contribution in [0.1, 0.15) is 24.6 Å². The van der Waals surface area contributed by atoms with Gasteiger partial charge in [-0.25, -0.2) is 19.4 Å². The van der Waals surface area contributed by atoms with Gasteiger partial charge in [-0.05, 0) is 18.9 Å². The number of fused-ring (bicyclic) bond motifs is 1. The van der Waals surface area contributed by atoms with E-state index in [2.05, 4.69) is 15.1 Å². The van der Waals surface area contributed by atoms with Crippen molar-refractivity contribution < 1.29 is 14.0 Å². The van der Waals surface area contributed by atoms with Crippen molar-refractivity contribution in [2.24, 2.45) is 0 Å². The van der Waals surface area contributed by atoms with E-state index in [9.17, 15) is 9.18 Å². The molecule has 2 aliphatic heterocycles. The van der Waals surface area contributed by atoms with E-state index in [1.165, 1.54) is 5.06 Å². The molecular formula is C15H17FN6O2. The van der Waals surface area contributed by atoms with Crippen molar-refractivity contribution in [2.45, 2.75) is 25.4 Å². The number of rotatable bonds is 2. The van der Waals surface area contributed by atoms with Crippen molar-refractivity contribution in [3.05, 3.63) is 36.2 Å². The van der Waals surface area contributed by atoms with Gasteiger partial charge in [0, 0.05) is 12.7 Å². The van der Waals surface area contributed by atoms with Crippen LogP contribution in [-0.2, 0) is 16.2 Å². The molecule has 0 saturated carbocycles. The van der Waals surface area contributed by atoms with Crippen LogP contribution in [0.5, 0.6) is 0 Å². The number of aromatic nitrogens is 4. The van der Waals surface area contributed by atoms with Crippen molar-refractivity contribution in [2.75, 3.05) is 24.6 Å². The normalized spacial score (nSPS) is 20.8. The first kappa shape index (κ1) is 15.0. The Morgan fingerprint density at radius 3 is 2.88 bits per heavy atom. The predicted molar refractivity (Wildman–Crippen MR) is 81.2 cm³/mol. The number of amides is 1. The Kier molecular flexibility index (Phi) is 3.85. The van der Waals surface area contributed by atoms with Gasteiger partial charge in [0.15, 0.2) is 11.9 Å². The maximum atomic E-state index is 13.1. The molecule has 0 N–H and O–H groups in total. The van der Waals surface area contributed by atoms with Crippen molar-refractivity contribution >= 4 is 11.9 Å². The van der Waals surface area contributed by atoms with E-state index in [0.717, 1.165) is 30.9 Å². The second kappa shape index (κ2) is 6.16. The molecule has 1 fully saturated rings. The van der Waals surface area contributed by atoms with E-state index in [1.54, 1.807) is 10.9 Å². The molecule has 0 bridgehead atoms. The molecule has 1 amide bonds. The smallest absolute Gasteiger partial charge is 0.272 e. The lowest BCUT2D eigenvalue weighted by Gasteiger charge is -2.36. The highest BCUT2D eigenvalue weighted by Gasteiger charge is 2.35. The van der Waals surface area contributed by atoms with Gasteiger partial charge in [-0.3, -0.25) is 14.3 Å². The van der Waals surface area contributed by atoms with Crippen LogP contribution in [0.3, 0.4) is 0 Å². The van der Waals surface area contributed by atoms with Crippen molar-refractivity contribution in [1.82, 2.24) is 24.8 Å². The summed E-state index contributed by atoms with van der Waals surface area (Å²) < 4.78 is 14.8. The Morgan fingerprint density at radius 2 is 2.12 bits per heavy atom. The first-order valence-corrected chi connectivity index (χ1v) is 7.91. The maximum absolute atomic E-state index is 13.1. The van der Waals surface area contributed by atoms with Crippen LogP contribution in [0.15, 0.2) is 24.7 Å². The minimum absolute atomic E-state index is 0.133. The maximum Gasteiger partial charge on any atom is 0.272 e. The lowest BCUT2D eigenvalue weighted by molar-refractivity contribution is -0.200. The minimum Gasteiger partial charge on any atom is -0.332 e. The number of hydroxylamine groups is 2. The van der Waals surface area contributed by atoms with Crippen LogP contribution >= 0.6 is 0 Å². The Labute approximate surface area is 137 Å². The predicted octanol–water partition coefficient (Wildman–Crippen LogP) is 0.928. The molecule has 4 heterocycles. The van der Waals surface area contributed by atoms with E-state index in [4.69, 9.17) is 4.84 Å². The number of halogens is 1. The Balaban J connectivity index is 1.61. The molecule has 0 aromatic carbocycles. The quantitative estimate of drug-likeness (QED) is 0.814. The third-order valence-corrected chi connectivity index (χ3v) is 4.22. The van der Waals surface area contributed by atoms with Crippen LogP contribution < -0.4 is 4.90 Å².